The van der Waals surface area contributed by atoms with Crippen LogP contribution >= 0.6 is 0 Å². The van der Waals surface area contributed by atoms with Gasteiger partial charge in [0.2, 0.25) is 0 Å². The standard InChI is InChI=1S/C22H32N/c1-3-5-6-7-8-10-13-20-16-18-23(19-17-20)22(4-2)21-14-11-9-12-15-21/h9,11-12,14-19,22H,3-8,10,13H2,1-2H3/q+1. The summed E-state index contributed by atoms with van der Waals surface area (Å²) in [4.78, 5) is 0. The molecule has 1 unspecified atom stereocenters. The lowest BCUT2D eigenvalue weighted by Crippen LogP contribution is -2.39. The van der Waals surface area contributed by atoms with Gasteiger partial charge in [-0.2, -0.15) is 4.57 Å². The second kappa shape index (κ2) is 10.2. The van der Waals surface area contributed by atoms with E-state index >= 15 is 0 Å². The first-order chi connectivity index (χ1) is 11.3. The van der Waals surface area contributed by atoms with Gasteiger partial charge in [-0.1, -0.05) is 76.3 Å². The first-order valence-corrected chi connectivity index (χ1v) is 9.39. The Bertz CT molecular complexity index is 530. The molecule has 1 atom stereocenters. The highest BCUT2D eigenvalue weighted by Crippen LogP contribution is 2.16. The Morgan fingerprint density at radius 1 is 0.783 bits per heavy atom. The summed E-state index contributed by atoms with van der Waals surface area (Å²) in [5.74, 6) is 0. The Balaban J connectivity index is 1.86. The highest BCUT2D eigenvalue weighted by molar-refractivity contribution is 5.17. The van der Waals surface area contributed by atoms with Crippen molar-refractivity contribution in [3.05, 3.63) is 66.0 Å². The first kappa shape index (κ1) is 17.7. The molecule has 2 rings (SSSR count). The molecule has 124 valence electrons. The molecule has 0 aliphatic rings. The van der Waals surface area contributed by atoms with Crippen LogP contribution in [0.1, 0.15) is 76.0 Å². The van der Waals surface area contributed by atoms with Gasteiger partial charge in [0, 0.05) is 24.1 Å². The lowest BCUT2D eigenvalue weighted by atomic mass is 10.0. The Hall–Kier alpha value is -1.63. The van der Waals surface area contributed by atoms with Gasteiger partial charge in [-0.05, 0) is 18.4 Å². The van der Waals surface area contributed by atoms with Gasteiger partial charge < -0.3 is 0 Å². The van der Waals surface area contributed by atoms with E-state index in [0.29, 0.717) is 6.04 Å². The van der Waals surface area contributed by atoms with Gasteiger partial charge in [-0.15, -0.1) is 0 Å². The van der Waals surface area contributed by atoms with Crippen molar-refractivity contribution in [3.8, 4) is 0 Å². The second-order valence-corrected chi connectivity index (χ2v) is 6.51. The maximum atomic E-state index is 2.35. The van der Waals surface area contributed by atoms with Crippen molar-refractivity contribution < 1.29 is 4.57 Å². The van der Waals surface area contributed by atoms with E-state index in [1.807, 2.05) is 0 Å². The zero-order valence-electron chi connectivity index (χ0n) is 14.9. The summed E-state index contributed by atoms with van der Waals surface area (Å²) in [6, 6.07) is 15.9. The number of unbranched alkanes of at least 4 members (excludes halogenated alkanes) is 5. The van der Waals surface area contributed by atoms with Crippen LogP contribution in [0.4, 0.5) is 0 Å². The van der Waals surface area contributed by atoms with Gasteiger partial charge in [-0.25, -0.2) is 0 Å². The van der Waals surface area contributed by atoms with E-state index in [2.05, 4.69) is 73.3 Å². The molecule has 1 heterocycles. The zero-order chi connectivity index (χ0) is 16.3. The molecule has 1 aromatic carbocycles. The Labute approximate surface area is 142 Å². The number of nitrogens with zero attached hydrogens (tertiary/aromatic N) is 1. The van der Waals surface area contributed by atoms with Crippen molar-refractivity contribution in [2.45, 2.75) is 71.3 Å². The molecule has 1 aromatic heterocycles. The van der Waals surface area contributed by atoms with Crippen molar-refractivity contribution in [2.24, 2.45) is 0 Å². The van der Waals surface area contributed by atoms with E-state index < -0.39 is 0 Å². The van der Waals surface area contributed by atoms with Crippen molar-refractivity contribution >= 4 is 0 Å². The molecular weight excluding hydrogens is 278 g/mol. The molecule has 23 heavy (non-hydrogen) atoms. The highest BCUT2D eigenvalue weighted by atomic mass is 15.0. The van der Waals surface area contributed by atoms with Gasteiger partial charge in [0.1, 0.15) is 0 Å². The number of aryl methyl sites for hydroxylation is 1. The third-order valence-electron chi connectivity index (χ3n) is 4.67. The number of pyridine rings is 1. The molecule has 0 aliphatic carbocycles. The Morgan fingerprint density at radius 3 is 2.09 bits per heavy atom. The van der Waals surface area contributed by atoms with E-state index in [4.69, 9.17) is 0 Å². The smallest absolute Gasteiger partial charge is 0.183 e. The molecule has 0 saturated heterocycles. The molecule has 0 bridgehead atoms. The van der Waals surface area contributed by atoms with Crippen LogP contribution in [0.15, 0.2) is 54.9 Å². The summed E-state index contributed by atoms with van der Waals surface area (Å²) >= 11 is 0. The molecule has 2 aromatic rings. The van der Waals surface area contributed by atoms with E-state index in [9.17, 15) is 0 Å². The third kappa shape index (κ3) is 5.82. The molecular formula is C22H32N+. The van der Waals surface area contributed by atoms with Crippen LogP contribution in [0, 0.1) is 0 Å². The molecule has 0 fully saturated rings. The van der Waals surface area contributed by atoms with Crippen molar-refractivity contribution in [1.82, 2.24) is 0 Å². The van der Waals surface area contributed by atoms with E-state index in [-0.39, 0.29) is 0 Å². The van der Waals surface area contributed by atoms with Crippen LogP contribution in [0.25, 0.3) is 0 Å². The number of hydrogen-bond donors (Lipinski definition) is 0. The first-order valence-electron chi connectivity index (χ1n) is 9.39. The quantitative estimate of drug-likeness (QED) is 0.381. The highest BCUT2D eigenvalue weighted by Gasteiger charge is 2.17. The van der Waals surface area contributed by atoms with Gasteiger partial charge in [0.15, 0.2) is 18.4 Å². The molecule has 0 amide bonds. The molecule has 0 aliphatic heterocycles. The van der Waals surface area contributed by atoms with Crippen LogP contribution in [-0.2, 0) is 6.42 Å². The lowest BCUT2D eigenvalue weighted by molar-refractivity contribution is -0.714. The van der Waals surface area contributed by atoms with Crippen LogP contribution in [-0.4, -0.2) is 0 Å². The zero-order valence-corrected chi connectivity index (χ0v) is 14.9. The fraction of sp³-hybridized carbons (Fsp3) is 0.500. The van der Waals surface area contributed by atoms with E-state index in [1.165, 1.54) is 56.1 Å². The van der Waals surface area contributed by atoms with E-state index in [0.717, 1.165) is 6.42 Å². The summed E-state index contributed by atoms with van der Waals surface area (Å²) in [5, 5.41) is 0. The minimum atomic E-state index is 0.444. The third-order valence-corrected chi connectivity index (χ3v) is 4.67. The number of benzene rings is 1. The monoisotopic (exact) mass is 310 g/mol. The topological polar surface area (TPSA) is 3.88 Å². The molecule has 0 spiro atoms. The van der Waals surface area contributed by atoms with Crippen LogP contribution in [0.5, 0.6) is 0 Å². The average molecular weight is 311 g/mol. The normalized spacial score (nSPS) is 12.3. The van der Waals surface area contributed by atoms with E-state index in [1.54, 1.807) is 0 Å². The predicted molar refractivity (Wildman–Crippen MR) is 98.6 cm³/mol. The van der Waals surface area contributed by atoms with Crippen molar-refractivity contribution in [1.29, 1.82) is 0 Å². The Morgan fingerprint density at radius 2 is 1.43 bits per heavy atom. The Kier molecular flexibility index (Phi) is 7.86. The fourth-order valence-electron chi connectivity index (χ4n) is 3.25. The minimum absolute atomic E-state index is 0.444. The van der Waals surface area contributed by atoms with Gasteiger partial charge in [0.05, 0.1) is 0 Å². The van der Waals surface area contributed by atoms with Gasteiger partial charge in [-0.3, -0.25) is 0 Å². The second-order valence-electron chi connectivity index (χ2n) is 6.51. The fourth-order valence-corrected chi connectivity index (χ4v) is 3.25. The summed E-state index contributed by atoms with van der Waals surface area (Å²) < 4.78 is 2.35. The number of rotatable bonds is 10. The molecule has 1 heteroatoms. The summed E-state index contributed by atoms with van der Waals surface area (Å²) in [6.07, 6.45) is 15.1. The van der Waals surface area contributed by atoms with Crippen molar-refractivity contribution in [3.63, 3.8) is 0 Å². The van der Waals surface area contributed by atoms with Crippen LogP contribution in [0.3, 0.4) is 0 Å². The number of aromatic nitrogens is 1. The number of hydrogen-bond acceptors (Lipinski definition) is 0. The maximum Gasteiger partial charge on any atom is 0.183 e. The average Bonchev–Trinajstić information content (AvgIpc) is 2.61. The molecule has 0 saturated carbocycles. The summed E-state index contributed by atoms with van der Waals surface area (Å²) in [7, 11) is 0. The van der Waals surface area contributed by atoms with Crippen molar-refractivity contribution in [2.75, 3.05) is 0 Å². The maximum absolute atomic E-state index is 2.35. The summed E-state index contributed by atoms with van der Waals surface area (Å²) in [5.41, 5.74) is 2.86. The largest absolute Gasteiger partial charge is 0.198 e. The van der Waals surface area contributed by atoms with Crippen LogP contribution < -0.4 is 4.57 Å². The van der Waals surface area contributed by atoms with Crippen LogP contribution in [0.2, 0.25) is 0 Å². The minimum Gasteiger partial charge on any atom is -0.198 e. The molecule has 0 radical (unpaired) electrons. The van der Waals surface area contributed by atoms with Gasteiger partial charge >= 0.3 is 0 Å². The molecule has 0 N–H and O–H groups in total. The molecule has 1 nitrogen and oxygen atoms in total. The van der Waals surface area contributed by atoms with Gasteiger partial charge in [0.25, 0.3) is 0 Å². The lowest BCUT2D eigenvalue weighted by Gasteiger charge is -2.11. The predicted octanol–water partition coefficient (Wildman–Crippen LogP) is 5.88. The summed E-state index contributed by atoms with van der Waals surface area (Å²) in [6.45, 7) is 4.53. The SMILES string of the molecule is CCCCCCCCc1cc[n+](C(CC)c2ccccc2)cc1.